The van der Waals surface area contributed by atoms with Gasteiger partial charge in [0.05, 0.1) is 0 Å². The van der Waals surface area contributed by atoms with E-state index in [1.807, 2.05) is 0 Å². The summed E-state index contributed by atoms with van der Waals surface area (Å²) in [5.41, 5.74) is 5.88. The van der Waals surface area contributed by atoms with Gasteiger partial charge in [0.15, 0.2) is 0 Å². The second-order valence-corrected chi connectivity index (χ2v) is 5.20. The van der Waals surface area contributed by atoms with E-state index in [4.69, 9.17) is 5.73 Å². The quantitative estimate of drug-likeness (QED) is 0.693. The van der Waals surface area contributed by atoms with Crippen molar-refractivity contribution < 1.29 is 4.79 Å². The van der Waals surface area contributed by atoms with Crippen LogP contribution in [0.1, 0.15) is 43.1 Å². The molecule has 1 unspecified atom stereocenters. The van der Waals surface area contributed by atoms with Gasteiger partial charge in [-0.15, -0.1) is 0 Å². The molecule has 1 atom stereocenters. The fourth-order valence-corrected chi connectivity index (χ4v) is 2.52. The normalized spacial score (nSPS) is 20.4. The molecular formula is C13H23N5O. The molecular weight excluding hydrogens is 242 g/mol. The smallest absolute Gasteiger partial charge is 0.269 e. The van der Waals surface area contributed by atoms with E-state index < -0.39 is 0 Å². The molecule has 0 bridgehead atoms. The third-order valence-electron chi connectivity index (χ3n) is 3.69. The first kappa shape index (κ1) is 13.9. The summed E-state index contributed by atoms with van der Waals surface area (Å²) in [6, 6.07) is 2.22. The number of hydrogen-bond acceptors (Lipinski definition) is 4. The number of rotatable bonds is 5. The van der Waals surface area contributed by atoms with Crippen molar-refractivity contribution in [3.05, 3.63) is 11.8 Å². The number of anilines is 1. The average molecular weight is 265 g/mol. The second kappa shape index (κ2) is 6.56. The van der Waals surface area contributed by atoms with Crippen LogP contribution in [0.15, 0.2) is 6.07 Å². The molecule has 1 amide bonds. The fraction of sp³-hybridized carbons (Fsp3) is 0.692. The van der Waals surface area contributed by atoms with E-state index in [1.54, 1.807) is 6.07 Å². The van der Waals surface area contributed by atoms with Crippen LogP contribution < -0.4 is 11.1 Å². The molecule has 4 N–H and O–H groups in total. The van der Waals surface area contributed by atoms with Gasteiger partial charge >= 0.3 is 0 Å². The minimum absolute atomic E-state index is 0.143. The highest BCUT2D eigenvalue weighted by atomic mass is 16.1. The van der Waals surface area contributed by atoms with Crippen LogP contribution in [0, 0.1) is 0 Å². The summed E-state index contributed by atoms with van der Waals surface area (Å²) in [4.78, 5) is 14.2. The number of aromatic amines is 1. The number of likely N-dealkylation sites (tertiary alicyclic amines) is 1. The van der Waals surface area contributed by atoms with E-state index in [1.165, 1.54) is 25.8 Å². The highest BCUT2D eigenvalue weighted by Gasteiger charge is 2.17. The molecule has 0 spiro atoms. The van der Waals surface area contributed by atoms with Crippen molar-refractivity contribution in [1.29, 1.82) is 0 Å². The van der Waals surface area contributed by atoms with E-state index >= 15 is 0 Å². The van der Waals surface area contributed by atoms with E-state index in [0.29, 0.717) is 24.1 Å². The molecule has 1 saturated heterocycles. The first-order valence-corrected chi connectivity index (χ1v) is 7.00. The second-order valence-electron chi connectivity index (χ2n) is 5.20. The van der Waals surface area contributed by atoms with Gasteiger partial charge in [-0.05, 0) is 32.7 Å². The van der Waals surface area contributed by atoms with Gasteiger partial charge in [0, 0.05) is 25.2 Å². The Morgan fingerprint density at radius 3 is 3.16 bits per heavy atom. The third kappa shape index (κ3) is 3.96. The number of nitrogens with zero attached hydrogens (tertiary/aromatic N) is 2. The monoisotopic (exact) mass is 265 g/mol. The topological polar surface area (TPSA) is 87.0 Å². The molecule has 1 aromatic heterocycles. The molecule has 2 rings (SSSR count). The van der Waals surface area contributed by atoms with Crippen molar-refractivity contribution in [1.82, 2.24) is 20.4 Å². The fourth-order valence-electron chi connectivity index (χ4n) is 2.52. The van der Waals surface area contributed by atoms with Gasteiger partial charge in [0.25, 0.3) is 5.91 Å². The lowest BCUT2D eigenvalue weighted by molar-refractivity contribution is 0.0944. The number of carbonyl (C=O) groups excluding carboxylic acids is 1. The van der Waals surface area contributed by atoms with Crippen LogP contribution in [-0.4, -0.2) is 46.7 Å². The van der Waals surface area contributed by atoms with Crippen molar-refractivity contribution in [2.24, 2.45) is 0 Å². The highest BCUT2D eigenvalue weighted by molar-refractivity contribution is 5.92. The summed E-state index contributed by atoms with van der Waals surface area (Å²) in [7, 11) is 0. The molecule has 19 heavy (non-hydrogen) atoms. The maximum Gasteiger partial charge on any atom is 0.269 e. The molecule has 0 aromatic carbocycles. The minimum Gasteiger partial charge on any atom is -0.382 e. The lowest BCUT2D eigenvalue weighted by Gasteiger charge is -2.33. The SMILES string of the molecule is CC1CCCCN1CCCNC(=O)c1cc(N)n[nH]1. The van der Waals surface area contributed by atoms with Gasteiger partial charge < -0.3 is 16.0 Å². The lowest BCUT2D eigenvalue weighted by Crippen LogP contribution is -2.39. The summed E-state index contributed by atoms with van der Waals surface area (Å²) in [5.74, 6) is 0.197. The number of H-pyrrole nitrogens is 1. The number of carbonyl (C=O) groups is 1. The van der Waals surface area contributed by atoms with Gasteiger partial charge in [-0.25, -0.2) is 0 Å². The Morgan fingerprint density at radius 2 is 2.47 bits per heavy atom. The Balaban J connectivity index is 1.65. The summed E-state index contributed by atoms with van der Waals surface area (Å²) in [6.07, 6.45) is 4.90. The predicted molar refractivity (Wildman–Crippen MR) is 74.8 cm³/mol. The Labute approximate surface area is 113 Å². The third-order valence-corrected chi connectivity index (χ3v) is 3.69. The van der Waals surface area contributed by atoms with E-state index in [-0.39, 0.29) is 5.91 Å². The highest BCUT2D eigenvalue weighted by Crippen LogP contribution is 2.16. The maximum absolute atomic E-state index is 11.7. The first-order chi connectivity index (χ1) is 9.16. The van der Waals surface area contributed by atoms with E-state index in [9.17, 15) is 4.79 Å². The summed E-state index contributed by atoms with van der Waals surface area (Å²) >= 11 is 0. The molecule has 6 heteroatoms. The van der Waals surface area contributed by atoms with Crippen LogP contribution in [0.4, 0.5) is 5.82 Å². The van der Waals surface area contributed by atoms with Gasteiger partial charge in [-0.2, -0.15) is 5.10 Å². The first-order valence-electron chi connectivity index (χ1n) is 7.00. The molecule has 0 radical (unpaired) electrons. The number of amides is 1. The van der Waals surface area contributed by atoms with Crippen molar-refractivity contribution in [2.75, 3.05) is 25.4 Å². The molecule has 2 heterocycles. The zero-order valence-corrected chi connectivity index (χ0v) is 11.5. The standard InChI is InChI=1S/C13H23N5O/c1-10-5-2-3-7-18(10)8-4-6-15-13(19)11-9-12(14)17-16-11/h9-10H,2-8H2,1H3,(H,15,19)(H3,14,16,17). The maximum atomic E-state index is 11.7. The summed E-state index contributed by atoms with van der Waals surface area (Å²) in [5, 5.41) is 9.21. The number of piperidine rings is 1. The van der Waals surface area contributed by atoms with Crippen LogP contribution >= 0.6 is 0 Å². The van der Waals surface area contributed by atoms with E-state index in [2.05, 4.69) is 27.3 Å². The number of hydrogen-bond donors (Lipinski definition) is 3. The van der Waals surface area contributed by atoms with Crippen molar-refractivity contribution in [3.8, 4) is 0 Å². The summed E-state index contributed by atoms with van der Waals surface area (Å²) < 4.78 is 0. The molecule has 0 saturated carbocycles. The lowest BCUT2D eigenvalue weighted by atomic mass is 10.0. The van der Waals surface area contributed by atoms with E-state index in [0.717, 1.165) is 13.0 Å². The van der Waals surface area contributed by atoms with Crippen molar-refractivity contribution >= 4 is 11.7 Å². The van der Waals surface area contributed by atoms with Crippen molar-refractivity contribution in [3.63, 3.8) is 0 Å². The number of nitrogen functional groups attached to an aromatic ring is 1. The Hall–Kier alpha value is -1.56. The Bertz CT molecular complexity index is 417. The van der Waals surface area contributed by atoms with Gasteiger partial charge in [-0.1, -0.05) is 6.42 Å². The van der Waals surface area contributed by atoms with Gasteiger partial charge in [-0.3, -0.25) is 9.89 Å². The molecule has 106 valence electrons. The van der Waals surface area contributed by atoms with Crippen LogP contribution in [0.25, 0.3) is 0 Å². The molecule has 1 aliphatic rings. The zero-order valence-electron chi connectivity index (χ0n) is 11.5. The Morgan fingerprint density at radius 1 is 1.63 bits per heavy atom. The molecule has 1 fully saturated rings. The molecule has 6 nitrogen and oxygen atoms in total. The van der Waals surface area contributed by atoms with Crippen LogP contribution in [0.5, 0.6) is 0 Å². The van der Waals surface area contributed by atoms with Crippen molar-refractivity contribution in [2.45, 2.75) is 38.6 Å². The van der Waals surface area contributed by atoms with Crippen LogP contribution in [0.3, 0.4) is 0 Å². The average Bonchev–Trinajstić information content (AvgIpc) is 2.83. The summed E-state index contributed by atoms with van der Waals surface area (Å²) in [6.45, 7) is 5.20. The van der Waals surface area contributed by atoms with Gasteiger partial charge in [0.1, 0.15) is 11.5 Å². The molecule has 1 aromatic rings. The van der Waals surface area contributed by atoms with Crippen LogP contribution in [0.2, 0.25) is 0 Å². The van der Waals surface area contributed by atoms with Gasteiger partial charge in [0.2, 0.25) is 0 Å². The number of aromatic nitrogens is 2. The van der Waals surface area contributed by atoms with Crippen LogP contribution in [-0.2, 0) is 0 Å². The number of nitrogens with two attached hydrogens (primary N) is 1. The largest absolute Gasteiger partial charge is 0.382 e. The molecule has 1 aliphatic heterocycles. The molecule has 0 aliphatic carbocycles. The minimum atomic E-state index is -0.143. The Kier molecular flexibility index (Phi) is 4.79. The zero-order chi connectivity index (χ0) is 13.7. The number of nitrogens with one attached hydrogen (secondary N) is 2. The predicted octanol–water partition coefficient (Wildman–Crippen LogP) is 0.986.